The molecule has 0 spiro atoms. The number of aromatic nitrogens is 1. The number of aryl methyl sites for hydroxylation is 2. The van der Waals surface area contributed by atoms with Gasteiger partial charge in [0.15, 0.2) is 0 Å². The van der Waals surface area contributed by atoms with Gasteiger partial charge in [0.1, 0.15) is 5.01 Å². The minimum Gasteiger partial charge on any atom is -0.303 e. The molecule has 1 aromatic heterocycles. The molecule has 3 rings (SSSR count). The molecule has 2 aliphatic carbocycles. The van der Waals surface area contributed by atoms with Gasteiger partial charge >= 0.3 is 0 Å². The third-order valence-corrected chi connectivity index (χ3v) is 6.67. The number of nitrogens with one attached hydrogen (secondary N) is 1. The van der Waals surface area contributed by atoms with E-state index in [9.17, 15) is 0 Å². The van der Waals surface area contributed by atoms with Gasteiger partial charge in [0.25, 0.3) is 0 Å². The van der Waals surface area contributed by atoms with Gasteiger partial charge < -0.3 is 5.32 Å². The second-order valence-electron chi connectivity index (χ2n) is 7.22. The van der Waals surface area contributed by atoms with Crippen LogP contribution in [0.15, 0.2) is 0 Å². The average molecular weight is 307 g/mol. The van der Waals surface area contributed by atoms with Gasteiger partial charge in [-0.05, 0) is 58.3 Å². The number of hydrogen-bond donors (Lipinski definition) is 1. The van der Waals surface area contributed by atoms with Crippen molar-refractivity contribution in [2.24, 2.45) is 5.92 Å². The van der Waals surface area contributed by atoms with Crippen LogP contribution in [-0.4, -0.2) is 11.0 Å². The summed E-state index contributed by atoms with van der Waals surface area (Å²) in [6, 6.07) is 0.526. The van der Waals surface area contributed by atoms with Crippen LogP contribution in [0.4, 0.5) is 0 Å². The SMILES string of the molecule is CCC1CCCCC1(NC(C)C)c1nc2c(s1)CCCC2. The van der Waals surface area contributed by atoms with Crippen LogP contribution >= 0.6 is 11.3 Å². The molecule has 21 heavy (non-hydrogen) atoms. The molecular formula is C18H30N2S. The first-order chi connectivity index (χ1) is 10.2. The van der Waals surface area contributed by atoms with E-state index in [1.54, 1.807) is 4.88 Å². The van der Waals surface area contributed by atoms with Gasteiger partial charge in [0, 0.05) is 10.9 Å². The quantitative estimate of drug-likeness (QED) is 0.863. The fourth-order valence-corrected chi connectivity index (χ4v) is 5.80. The maximum Gasteiger partial charge on any atom is 0.114 e. The predicted molar refractivity (Wildman–Crippen MR) is 91.0 cm³/mol. The van der Waals surface area contributed by atoms with E-state index < -0.39 is 0 Å². The highest BCUT2D eigenvalue weighted by Gasteiger charge is 2.44. The summed E-state index contributed by atoms with van der Waals surface area (Å²) >= 11 is 2.03. The Morgan fingerprint density at radius 3 is 2.76 bits per heavy atom. The molecule has 1 aromatic rings. The molecule has 0 aromatic carbocycles. The van der Waals surface area contributed by atoms with E-state index >= 15 is 0 Å². The fourth-order valence-electron chi connectivity index (χ4n) is 4.39. The van der Waals surface area contributed by atoms with Crippen molar-refractivity contribution in [3.05, 3.63) is 15.6 Å². The Morgan fingerprint density at radius 1 is 1.24 bits per heavy atom. The lowest BCUT2D eigenvalue weighted by atomic mass is 9.71. The first-order valence-corrected chi connectivity index (χ1v) is 9.74. The minimum atomic E-state index is 0.156. The van der Waals surface area contributed by atoms with Crippen molar-refractivity contribution in [1.29, 1.82) is 0 Å². The Kier molecular flexibility index (Phi) is 4.70. The van der Waals surface area contributed by atoms with Gasteiger partial charge in [0.05, 0.1) is 11.2 Å². The summed E-state index contributed by atoms with van der Waals surface area (Å²) in [5.74, 6) is 0.751. The largest absolute Gasteiger partial charge is 0.303 e. The first kappa shape index (κ1) is 15.5. The lowest BCUT2D eigenvalue weighted by Gasteiger charge is -2.44. The normalized spacial score (nSPS) is 29.6. The topological polar surface area (TPSA) is 24.9 Å². The van der Waals surface area contributed by atoms with E-state index in [2.05, 4.69) is 26.1 Å². The zero-order valence-electron chi connectivity index (χ0n) is 13.9. The average Bonchev–Trinajstić information content (AvgIpc) is 2.91. The zero-order valence-corrected chi connectivity index (χ0v) is 14.7. The Hall–Kier alpha value is -0.410. The Bertz CT molecular complexity index is 456. The second-order valence-corrected chi connectivity index (χ2v) is 8.30. The van der Waals surface area contributed by atoms with Crippen molar-refractivity contribution in [1.82, 2.24) is 10.3 Å². The van der Waals surface area contributed by atoms with Crippen LogP contribution in [0, 0.1) is 5.92 Å². The van der Waals surface area contributed by atoms with Gasteiger partial charge in [-0.1, -0.05) is 26.2 Å². The standard InChI is InChI=1S/C18H30N2S/c1-4-14-9-7-8-12-18(14,20-13(2)3)17-19-15-10-5-6-11-16(15)21-17/h13-14,20H,4-12H2,1-3H3. The molecule has 1 heterocycles. The summed E-state index contributed by atoms with van der Waals surface area (Å²) in [5, 5.41) is 5.38. The van der Waals surface area contributed by atoms with E-state index in [1.165, 1.54) is 68.5 Å². The van der Waals surface area contributed by atoms with Crippen molar-refractivity contribution < 1.29 is 0 Å². The van der Waals surface area contributed by atoms with Crippen molar-refractivity contribution in [3.63, 3.8) is 0 Å². The third kappa shape index (κ3) is 2.92. The molecule has 1 fully saturated rings. The van der Waals surface area contributed by atoms with Crippen LogP contribution in [0.2, 0.25) is 0 Å². The molecule has 0 bridgehead atoms. The molecule has 1 saturated carbocycles. The Morgan fingerprint density at radius 2 is 2.05 bits per heavy atom. The van der Waals surface area contributed by atoms with Gasteiger partial charge in [-0.25, -0.2) is 4.98 Å². The van der Waals surface area contributed by atoms with Crippen LogP contribution < -0.4 is 5.32 Å². The molecule has 118 valence electrons. The number of fused-ring (bicyclic) bond motifs is 1. The Labute approximate surface area is 133 Å². The minimum absolute atomic E-state index is 0.156. The maximum atomic E-state index is 5.15. The van der Waals surface area contributed by atoms with Crippen molar-refractivity contribution in [2.45, 2.75) is 90.1 Å². The molecule has 3 heteroatoms. The number of nitrogens with zero attached hydrogens (tertiary/aromatic N) is 1. The van der Waals surface area contributed by atoms with Crippen molar-refractivity contribution >= 4 is 11.3 Å². The summed E-state index contributed by atoms with van der Waals surface area (Å²) in [5.41, 5.74) is 1.58. The summed E-state index contributed by atoms with van der Waals surface area (Å²) < 4.78 is 0. The first-order valence-electron chi connectivity index (χ1n) is 8.92. The third-order valence-electron chi connectivity index (χ3n) is 5.34. The molecule has 0 aliphatic heterocycles. The fraction of sp³-hybridized carbons (Fsp3) is 0.833. The Balaban J connectivity index is 1.99. The molecule has 2 nitrogen and oxygen atoms in total. The van der Waals surface area contributed by atoms with Gasteiger partial charge in [-0.2, -0.15) is 0 Å². The van der Waals surface area contributed by atoms with Gasteiger partial charge in [0.2, 0.25) is 0 Å². The number of rotatable bonds is 4. The molecule has 0 saturated heterocycles. The number of thiazole rings is 1. The predicted octanol–water partition coefficient (Wildman–Crippen LogP) is 4.82. The lowest BCUT2D eigenvalue weighted by molar-refractivity contribution is 0.124. The molecule has 2 aliphatic rings. The van der Waals surface area contributed by atoms with Gasteiger partial charge in [-0.3, -0.25) is 0 Å². The van der Waals surface area contributed by atoms with E-state index in [4.69, 9.17) is 4.98 Å². The molecular weight excluding hydrogens is 276 g/mol. The van der Waals surface area contributed by atoms with Crippen LogP contribution in [0.3, 0.4) is 0 Å². The van der Waals surface area contributed by atoms with Crippen molar-refractivity contribution in [3.8, 4) is 0 Å². The lowest BCUT2D eigenvalue weighted by Crippen LogP contribution is -2.52. The highest BCUT2D eigenvalue weighted by molar-refractivity contribution is 7.11. The van der Waals surface area contributed by atoms with Crippen LogP contribution in [0.1, 0.15) is 81.3 Å². The van der Waals surface area contributed by atoms with Gasteiger partial charge in [-0.15, -0.1) is 11.3 Å². The van der Waals surface area contributed by atoms with Crippen LogP contribution in [-0.2, 0) is 18.4 Å². The second kappa shape index (κ2) is 6.37. The zero-order chi connectivity index (χ0) is 14.9. The summed E-state index contributed by atoms with van der Waals surface area (Å²) in [6.45, 7) is 6.94. The van der Waals surface area contributed by atoms with Crippen LogP contribution in [0.5, 0.6) is 0 Å². The highest BCUT2D eigenvalue weighted by Crippen LogP contribution is 2.46. The smallest absolute Gasteiger partial charge is 0.114 e. The van der Waals surface area contributed by atoms with E-state index in [0.717, 1.165) is 5.92 Å². The molecule has 1 N–H and O–H groups in total. The molecule has 0 amide bonds. The van der Waals surface area contributed by atoms with E-state index in [-0.39, 0.29) is 5.54 Å². The number of hydrogen-bond acceptors (Lipinski definition) is 3. The van der Waals surface area contributed by atoms with Crippen LogP contribution in [0.25, 0.3) is 0 Å². The summed E-state index contributed by atoms with van der Waals surface area (Å²) in [4.78, 5) is 6.74. The monoisotopic (exact) mass is 306 g/mol. The van der Waals surface area contributed by atoms with E-state index in [1.807, 2.05) is 11.3 Å². The highest BCUT2D eigenvalue weighted by atomic mass is 32.1. The van der Waals surface area contributed by atoms with E-state index in [0.29, 0.717) is 6.04 Å². The summed E-state index contributed by atoms with van der Waals surface area (Å²) in [6.07, 6.45) is 11.8. The maximum absolute atomic E-state index is 5.15. The molecule has 2 unspecified atom stereocenters. The summed E-state index contributed by atoms with van der Waals surface area (Å²) in [7, 11) is 0. The molecule has 0 radical (unpaired) electrons. The van der Waals surface area contributed by atoms with Crippen molar-refractivity contribution in [2.75, 3.05) is 0 Å². The molecule has 2 atom stereocenters.